The van der Waals surface area contributed by atoms with Gasteiger partial charge in [0.15, 0.2) is 0 Å². The van der Waals surface area contributed by atoms with Crippen LogP contribution in [0, 0.1) is 97.9 Å². The highest BCUT2D eigenvalue weighted by molar-refractivity contribution is 8.26. The van der Waals surface area contributed by atoms with Gasteiger partial charge in [0.05, 0.1) is 58.1 Å². The molecule has 8 heteroatoms. The first-order valence-corrected chi connectivity index (χ1v) is 14.2. The van der Waals surface area contributed by atoms with E-state index in [1.165, 1.54) is 47.0 Å². The molecule has 0 nitrogen and oxygen atoms in total. The van der Waals surface area contributed by atoms with Crippen LogP contribution in [0.2, 0.25) is 0 Å². The zero-order chi connectivity index (χ0) is 26.2. The molecule has 0 saturated carbocycles. The summed E-state index contributed by atoms with van der Waals surface area (Å²) in [7, 11) is 0. The van der Waals surface area contributed by atoms with E-state index in [2.05, 4.69) is 123 Å². The van der Waals surface area contributed by atoms with Crippen molar-refractivity contribution >= 4 is 109 Å². The molecule has 168 valence electrons. The van der Waals surface area contributed by atoms with Gasteiger partial charge in [-0.25, -0.2) is 0 Å². The van der Waals surface area contributed by atoms with Gasteiger partial charge in [-0.2, -0.15) is 0 Å². The first-order valence-electron chi connectivity index (χ1n) is 9.18. The molecule has 0 fully saturated rings. The molecule has 2 heterocycles. The van der Waals surface area contributed by atoms with E-state index in [9.17, 15) is 0 Å². The molecular formula is C28H8S8. The maximum atomic E-state index is 5.62. The van der Waals surface area contributed by atoms with Gasteiger partial charge in [0.2, 0.25) is 0 Å². The van der Waals surface area contributed by atoms with E-state index in [0.29, 0.717) is 38.5 Å². The Morgan fingerprint density at radius 3 is 0.917 bits per heavy atom. The molecule has 0 saturated heterocycles. The van der Waals surface area contributed by atoms with Crippen LogP contribution in [0.4, 0.5) is 0 Å². The number of terminal acetylenes is 4. The van der Waals surface area contributed by atoms with Crippen LogP contribution in [0.5, 0.6) is 0 Å². The van der Waals surface area contributed by atoms with Gasteiger partial charge in [-0.05, 0) is 24.3 Å². The fourth-order valence-electron chi connectivity index (χ4n) is 2.27. The molecular weight excluding hydrogens is 593 g/mol. The Morgan fingerprint density at radius 1 is 0.472 bits per heavy atom. The minimum Gasteiger partial charge on any atom is -0.135 e. The fourth-order valence-corrected chi connectivity index (χ4v) is 7.29. The summed E-state index contributed by atoms with van der Waals surface area (Å²) in [5, 5.41) is 0.665. The van der Waals surface area contributed by atoms with Crippen molar-refractivity contribution in [3.63, 3.8) is 0 Å². The van der Waals surface area contributed by atoms with Crippen molar-refractivity contribution in [2.45, 2.75) is 19.6 Å². The highest BCUT2D eigenvalue weighted by Crippen LogP contribution is 2.52. The number of hydrogen-bond acceptors (Lipinski definition) is 8. The third-order valence-electron chi connectivity index (χ3n) is 3.84. The standard InChI is InChI=1S/C28H8S8/c1-5-17(6-2)19-9-13-21-23(35-27(33-21)25(29)30)15-11-20(18(7-3)8-4)12-16-24-22(14-10-19)34-28(36-24)26(31)32/h1-4,29-32H. The molecule has 0 radical (unpaired) electrons. The number of thiol groups is 4. The number of thioether (sulfide) groups is 4. The SMILES string of the molecule is C#CC(C#C)=c1c#cc2c(c#cc(=C(C#C)C#C)c#cc3c(c#c1)SC(=C(S)S)S3)SC(=C(S)S)S2. The topological polar surface area (TPSA) is 0 Å². The Hall–Kier alpha value is -2.28. The second kappa shape index (κ2) is 13.3. The maximum Gasteiger partial charge on any atom is 0.0992 e. The molecule has 0 atom stereocenters. The number of hydrogen-bond donors (Lipinski definition) is 4. The van der Waals surface area contributed by atoms with Crippen molar-refractivity contribution in [2.24, 2.45) is 0 Å². The van der Waals surface area contributed by atoms with Crippen molar-refractivity contribution in [3.8, 4) is 49.4 Å². The van der Waals surface area contributed by atoms with Crippen LogP contribution >= 0.6 is 97.6 Å². The van der Waals surface area contributed by atoms with Gasteiger partial charge in [0.1, 0.15) is 0 Å². The normalized spacial score (nSPS) is 11.4. The summed E-state index contributed by atoms with van der Waals surface area (Å²) >= 11 is 22.9. The predicted molar refractivity (Wildman–Crippen MR) is 167 cm³/mol. The Morgan fingerprint density at radius 2 is 0.722 bits per heavy atom. The molecule has 0 aliphatic carbocycles. The first-order chi connectivity index (χ1) is 17.3. The molecule has 36 heavy (non-hydrogen) atoms. The largest absolute Gasteiger partial charge is 0.135 e. The summed E-state index contributed by atoms with van der Waals surface area (Å²) in [6, 6.07) is 24.5. The second-order valence-electron chi connectivity index (χ2n) is 6.02. The second-order valence-corrected chi connectivity index (χ2v) is 13.1. The summed E-state index contributed by atoms with van der Waals surface area (Å²) in [5.41, 5.74) is 0.486. The Bertz CT molecular complexity index is 1380. The average Bonchev–Trinajstić information content (AvgIpc) is 3.47. The van der Waals surface area contributed by atoms with E-state index in [0.717, 1.165) is 8.47 Å². The molecule has 0 bridgehead atoms. The van der Waals surface area contributed by atoms with Crippen molar-refractivity contribution in [1.82, 2.24) is 0 Å². The fraction of sp³-hybridized carbons (Fsp3) is 0. The molecule has 0 aromatic heterocycles. The number of rotatable bonds is 0. The van der Waals surface area contributed by atoms with Gasteiger partial charge in [0, 0.05) is 0 Å². The van der Waals surface area contributed by atoms with Crippen LogP contribution in [-0.2, 0) is 0 Å². The smallest absolute Gasteiger partial charge is 0.0992 e. The minimum atomic E-state index is 0.243. The van der Waals surface area contributed by atoms with Crippen molar-refractivity contribution in [3.05, 3.63) is 75.9 Å². The molecule has 1 aromatic carbocycles. The minimum absolute atomic E-state index is 0.243. The summed E-state index contributed by atoms with van der Waals surface area (Å²) in [6.07, 6.45) is 22.5. The van der Waals surface area contributed by atoms with Gasteiger partial charge in [0.25, 0.3) is 0 Å². The molecule has 3 rings (SSSR count). The van der Waals surface area contributed by atoms with Gasteiger partial charge in [-0.1, -0.05) is 95.0 Å². The lowest BCUT2D eigenvalue weighted by Crippen LogP contribution is -1.98. The van der Waals surface area contributed by atoms with Gasteiger partial charge in [-0.3, -0.25) is 0 Å². The Balaban J connectivity index is 2.53. The van der Waals surface area contributed by atoms with Crippen LogP contribution in [0.25, 0.3) is 11.1 Å². The Kier molecular flexibility index (Phi) is 10.5. The summed E-state index contributed by atoms with van der Waals surface area (Å²) in [6.45, 7) is 0. The molecule has 0 amide bonds. The van der Waals surface area contributed by atoms with Gasteiger partial charge < -0.3 is 0 Å². The molecule has 0 spiro atoms. The zero-order valence-corrected chi connectivity index (χ0v) is 24.6. The highest BCUT2D eigenvalue weighted by atomic mass is 32.2. The summed E-state index contributed by atoms with van der Waals surface area (Å²) in [4.78, 5) is 2.64. The van der Waals surface area contributed by atoms with E-state index in [4.69, 9.17) is 25.7 Å². The first kappa shape index (κ1) is 28.3. The number of fused-ring (bicyclic) bond motifs is 2. The quantitative estimate of drug-likeness (QED) is 0.228. The molecule has 2 aliphatic rings. The van der Waals surface area contributed by atoms with Crippen molar-refractivity contribution in [1.29, 1.82) is 0 Å². The van der Waals surface area contributed by atoms with Crippen LogP contribution in [0.15, 0.2) is 36.5 Å². The van der Waals surface area contributed by atoms with Crippen LogP contribution in [0.3, 0.4) is 0 Å². The zero-order valence-electron chi connectivity index (χ0n) is 17.7. The predicted octanol–water partition coefficient (Wildman–Crippen LogP) is 5.54. The summed E-state index contributed by atoms with van der Waals surface area (Å²) < 4.78 is 2.71. The highest BCUT2D eigenvalue weighted by Gasteiger charge is 2.19. The lowest BCUT2D eigenvalue weighted by molar-refractivity contribution is 1.30. The van der Waals surface area contributed by atoms with Crippen molar-refractivity contribution < 1.29 is 0 Å². The summed E-state index contributed by atoms with van der Waals surface area (Å²) in [5.74, 6) is 9.90. The van der Waals surface area contributed by atoms with Gasteiger partial charge >= 0.3 is 0 Å². The molecule has 1 aromatic rings. The molecule has 0 unspecified atom stereocenters. The van der Waals surface area contributed by atoms with Gasteiger partial charge in [-0.15, -0.1) is 76.2 Å². The molecule has 0 N–H and O–H groups in total. The third-order valence-corrected chi connectivity index (χ3v) is 10.8. The van der Waals surface area contributed by atoms with E-state index in [-0.39, 0.29) is 11.1 Å². The van der Waals surface area contributed by atoms with E-state index in [1.54, 1.807) is 0 Å². The lowest BCUT2D eigenvalue weighted by atomic mass is 10.2. The Labute approximate surface area is 251 Å². The molecule has 2 aliphatic heterocycles. The third kappa shape index (κ3) is 6.93. The van der Waals surface area contributed by atoms with Crippen molar-refractivity contribution in [2.75, 3.05) is 0 Å². The van der Waals surface area contributed by atoms with Crippen LogP contribution in [-0.4, -0.2) is 0 Å². The van der Waals surface area contributed by atoms with Crippen LogP contribution < -0.4 is 10.4 Å². The lowest BCUT2D eigenvalue weighted by Gasteiger charge is -1.92. The maximum absolute atomic E-state index is 5.62. The monoisotopic (exact) mass is 600 g/mol. The van der Waals surface area contributed by atoms with Crippen LogP contribution in [0.1, 0.15) is 0 Å². The average molecular weight is 601 g/mol. The van der Waals surface area contributed by atoms with E-state index in [1.807, 2.05) is 0 Å². The van der Waals surface area contributed by atoms with E-state index < -0.39 is 0 Å². The van der Waals surface area contributed by atoms with E-state index >= 15 is 0 Å².